The monoisotopic (exact) mass is 324 g/mol. The van der Waals surface area contributed by atoms with Gasteiger partial charge in [0.05, 0.1) is 13.2 Å². The summed E-state index contributed by atoms with van der Waals surface area (Å²) in [6.45, 7) is 7.58. The Morgan fingerprint density at radius 1 is 1.27 bits per heavy atom. The van der Waals surface area contributed by atoms with Gasteiger partial charge >= 0.3 is 0 Å². The van der Waals surface area contributed by atoms with E-state index in [0.717, 1.165) is 57.8 Å². The van der Waals surface area contributed by atoms with Gasteiger partial charge in [-0.15, -0.1) is 0 Å². The molecule has 0 atom stereocenters. The van der Waals surface area contributed by atoms with Gasteiger partial charge < -0.3 is 10.1 Å². The summed E-state index contributed by atoms with van der Waals surface area (Å²) in [6.07, 6.45) is 3.33. The Morgan fingerprint density at radius 3 is 2.77 bits per heavy atom. The van der Waals surface area contributed by atoms with Gasteiger partial charge in [-0.05, 0) is 50.1 Å². The minimum Gasteiger partial charge on any atom is -0.379 e. The zero-order valence-corrected chi connectivity index (χ0v) is 14.0. The van der Waals surface area contributed by atoms with Crippen molar-refractivity contribution in [1.82, 2.24) is 10.2 Å². The van der Waals surface area contributed by atoms with E-state index in [2.05, 4.69) is 10.2 Å². The molecule has 2 rings (SSSR count). The third-order valence-corrected chi connectivity index (χ3v) is 4.21. The van der Waals surface area contributed by atoms with Gasteiger partial charge in [-0.1, -0.05) is 18.0 Å². The number of amides is 1. The first-order chi connectivity index (χ1) is 10.7. The zero-order valence-electron chi connectivity index (χ0n) is 13.2. The van der Waals surface area contributed by atoms with Gasteiger partial charge in [0.15, 0.2) is 0 Å². The molecule has 1 heterocycles. The molecule has 1 aromatic carbocycles. The number of rotatable bonds is 7. The van der Waals surface area contributed by atoms with Crippen LogP contribution in [0.3, 0.4) is 0 Å². The van der Waals surface area contributed by atoms with Crippen LogP contribution in [0.2, 0.25) is 5.02 Å². The second-order valence-electron chi connectivity index (χ2n) is 5.73. The van der Waals surface area contributed by atoms with Crippen molar-refractivity contribution in [2.24, 2.45) is 0 Å². The van der Waals surface area contributed by atoms with Crippen molar-refractivity contribution < 1.29 is 9.53 Å². The number of aryl methyl sites for hydroxylation is 1. The molecular formula is C17H25ClN2O2. The van der Waals surface area contributed by atoms with Crippen LogP contribution in [-0.4, -0.2) is 50.2 Å². The van der Waals surface area contributed by atoms with E-state index in [1.807, 2.05) is 13.0 Å². The van der Waals surface area contributed by atoms with E-state index < -0.39 is 0 Å². The fourth-order valence-corrected chi connectivity index (χ4v) is 2.87. The first-order valence-electron chi connectivity index (χ1n) is 8.01. The normalized spacial score (nSPS) is 15.7. The standard InChI is InChI=1S/C17H25ClN2O2/c1-14-13-15(18)5-6-16(14)17(21)19-7-3-2-4-8-20-9-11-22-12-10-20/h5-6,13H,2-4,7-12H2,1H3,(H,19,21). The maximum atomic E-state index is 12.1. The number of carbonyl (C=O) groups excluding carboxylic acids is 1. The predicted octanol–water partition coefficient (Wildman–Crippen LogP) is 2.88. The number of hydrogen-bond acceptors (Lipinski definition) is 3. The third kappa shape index (κ3) is 5.59. The molecule has 0 aromatic heterocycles. The van der Waals surface area contributed by atoms with E-state index in [-0.39, 0.29) is 5.91 Å². The molecule has 1 amide bonds. The number of ether oxygens (including phenoxy) is 1. The number of nitrogens with one attached hydrogen (secondary N) is 1. The summed E-state index contributed by atoms with van der Waals surface area (Å²) in [5, 5.41) is 3.65. The molecule has 0 saturated carbocycles. The first kappa shape index (κ1) is 17.3. The largest absolute Gasteiger partial charge is 0.379 e. The van der Waals surface area contributed by atoms with E-state index >= 15 is 0 Å². The summed E-state index contributed by atoms with van der Waals surface area (Å²) < 4.78 is 5.33. The van der Waals surface area contributed by atoms with Crippen molar-refractivity contribution >= 4 is 17.5 Å². The van der Waals surface area contributed by atoms with Crippen LogP contribution in [-0.2, 0) is 4.74 Å². The number of hydrogen-bond donors (Lipinski definition) is 1. The highest BCUT2D eigenvalue weighted by molar-refractivity contribution is 6.30. The van der Waals surface area contributed by atoms with Gasteiger partial charge in [0.2, 0.25) is 0 Å². The summed E-state index contributed by atoms with van der Waals surface area (Å²) >= 11 is 5.90. The number of carbonyl (C=O) groups is 1. The van der Waals surface area contributed by atoms with E-state index in [0.29, 0.717) is 10.6 Å². The highest BCUT2D eigenvalue weighted by Gasteiger charge is 2.10. The van der Waals surface area contributed by atoms with Crippen molar-refractivity contribution in [3.05, 3.63) is 34.3 Å². The number of nitrogens with zero attached hydrogens (tertiary/aromatic N) is 1. The molecule has 122 valence electrons. The molecule has 4 nitrogen and oxygen atoms in total. The fraction of sp³-hybridized carbons (Fsp3) is 0.588. The molecule has 0 radical (unpaired) electrons. The second kappa shape index (κ2) is 9.13. The van der Waals surface area contributed by atoms with Gasteiger partial charge in [0.1, 0.15) is 0 Å². The van der Waals surface area contributed by atoms with E-state index in [1.165, 1.54) is 6.42 Å². The number of halogens is 1. The Labute approximate surface area is 137 Å². The van der Waals surface area contributed by atoms with Crippen molar-refractivity contribution in [2.75, 3.05) is 39.4 Å². The lowest BCUT2D eigenvalue weighted by atomic mass is 10.1. The molecule has 0 unspecified atom stereocenters. The lowest BCUT2D eigenvalue weighted by Crippen LogP contribution is -2.36. The number of unbranched alkanes of at least 4 members (excludes halogenated alkanes) is 2. The first-order valence-corrected chi connectivity index (χ1v) is 8.39. The topological polar surface area (TPSA) is 41.6 Å². The van der Waals surface area contributed by atoms with Crippen LogP contribution >= 0.6 is 11.6 Å². The van der Waals surface area contributed by atoms with E-state index in [9.17, 15) is 4.79 Å². The van der Waals surface area contributed by atoms with Crippen molar-refractivity contribution in [1.29, 1.82) is 0 Å². The molecule has 1 N–H and O–H groups in total. The molecule has 0 spiro atoms. The Balaban J connectivity index is 1.59. The Morgan fingerprint density at radius 2 is 2.05 bits per heavy atom. The molecule has 1 aliphatic rings. The van der Waals surface area contributed by atoms with Gasteiger partial charge in [-0.2, -0.15) is 0 Å². The molecule has 0 aliphatic carbocycles. The lowest BCUT2D eigenvalue weighted by Gasteiger charge is -2.26. The van der Waals surface area contributed by atoms with Crippen molar-refractivity contribution in [3.63, 3.8) is 0 Å². The van der Waals surface area contributed by atoms with E-state index in [4.69, 9.17) is 16.3 Å². The van der Waals surface area contributed by atoms with Crippen molar-refractivity contribution in [2.45, 2.75) is 26.2 Å². The molecule has 0 bridgehead atoms. The quantitative estimate of drug-likeness (QED) is 0.784. The van der Waals surface area contributed by atoms with Crippen LogP contribution in [0.15, 0.2) is 18.2 Å². The maximum absolute atomic E-state index is 12.1. The Bertz CT molecular complexity index is 488. The molecular weight excluding hydrogens is 300 g/mol. The van der Waals surface area contributed by atoms with Gasteiger partial charge in [0.25, 0.3) is 5.91 Å². The summed E-state index contributed by atoms with van der Waals surface area (Å²) in [5.74, 6) is -0.0117. The average Bonchev–Trinajstić information content (AvgIpc) is 2.51. The third-order valence-electron chi connectivity index (χ3n) is 3.97. The SMILES string of the molecule is Cc1cc(Cl)ccc1C(=O)NCCCCCN1CCOCC1. The molecule has 5 heteroatoms. The molecule has 1 aromatic rings. The zero-order chi connectivity index (χ0) is 15.8. The van der Waals surface area contributed by atoms with Crippen LogP contribution in [0.4, 0.5) is 0 Å². The van der Waals surface area contributed by atoms with E-state index in [1.54, 1.807) is 12.1 Å². The summed E-state index contributed by atoms with van der Waals surface area (Å²) in [4.78, 5) is 14.5. The number of benzene rings is 1. The molecule has 1 aliphatic heterocycles. The van der Waals surface area contributed by atoms with Gasteiger partial charge in [-0.3, -0.25) is 9.69 Å². The Hall–Kier alpha value is -1.10. The van der Waals surface area contributed by atoms with Crippen molar-refractivity contribution in [3.8, 4) is 0 Å². The molecule has 22 heavy (non-hydrogen) atoms. The van der Waals surface area contributed by atoms with Crippen LogP contribution in [0.1, 0.15) is 35.2 Å². The van der Waals surface area contributed by atoms with Gasteiger partial charge in [-0.25, -0.2) is 0 Å². The maximum Gasteiger partial charge on any atom is 0.251 e. The average molecular weight is 325 g/mol. The highest BCUT2D eigenvalue weighted by atomic mass is 35.5. The highest BCUT2D eigenvalue weighted by Crippen LogP contribution is 2.15. The van der Waals surface area contributed by atoms with Crippen LogP contribution in [0.25, 0.3) is 0 Å². The summed E-state index contributed by atoms with van der Waals surface area (Å²) in [5.41, 5.74) is 1.62. The fourth-order valence-electron chi connectivity index (χ4n) is 2.64. The van der Waals surface area contributed by atoms with Crippen LogP contribution in [0, 0.1) is 6.92 Å². The van der Waals surface area contributed by atoms with Gasteiger partial charge in [0, 0.05) is 30.2 Å². The number of morpholine rings is 1. The second-order valence-corrected chi connectivity index (χ2v) is 6.17. The predicted molar refractivity (Wildman–Crippen MR) is 89.6 cm³/mol. The minimum absolute atomic E-state index is 0.0117. The Kier molecular flexibility index (Phi) is 7.16. The molecule has 1 saturated heterocycles. The minimum atomic E-state index is -0.0117. The summed E-state index contributed by atoms with van der Waals surface area (Å²) in [7, 11) is 0. The smallest absolute Gasteiger partial charge is 0.251 e. The lowest BCUT2D eigenvalue weighted by molar-refractivity contribution is 0.0371. The molecule has 1 fully saturated rings. The van der Waals surface area contributed by atoms with Crippen LogP contribution in [0.5, 0.6) is 0 Å². The summed E-state index contributed by atoms with van der Waals surface area (Å²) in [6, 6.07) is 5.36. The van der Waals surface area contributed by atoms with Crippen LogP contribution < -0.4 is 5.32 Å².